The molecule has 2 atom stereocenters. The number of nitrogens with zero attached hydrogens (tertiary/aromatic N) is 5. The van der Waals surface area contributed by atoms with Gasteiger partial charge in [-0.25, -0.2) is 4.98 Å². The first-order chi connectivity index (χ1) is 24.0. The predicted molar refractivity (Wildman–Crippen MR) is 195 cm³/mol. The molecule has 1 saturated carbocycles. The Morgan fingerprint density at radius 3 is 2.44 bits per heavy atom. The van der Waals surface area contributed by atoms with Gasteiger partial charge < -0.3 is 26.4 Å². The third kappa shape index (κ3) is 7.11. The van der Waals surface area contributed by atoms with Crippen LogP contribution in [0.4, 0.5) is 11.5 Å². The van der Waals surface area contributed by atoms with Crippen LogP contribution in [0.5, 0.6) is 0 Å². The van der Waals surface area contributed by atoms with Crippen LogP contribution in [0.1, 0.15) is 67.4 Å². The zero-order valence-corrected chi connectivity index (χ0v) is 29.3. The van der Waals surface area contributed by atoms with Crippen LogP contribution < -0.4 is 21.7 Å². The Morgan fingerprint density at radius 2 is 1.72 bits per heavy atom. The van der Waals surface area contributed by atoms with Crippen LogP contribution in [0, 0.1) is 0 Å². The third-order valence-corrected chi connectivity index (χ3v) is 10.7. The van der Waals surface area contributed by atoms with Gasteiger partial charge in [0.1, 0.15) is 5.82 Å². The van der Waals surface area contributed by atoms with Gasteiger partial charge in [-0.2, -0.15) is 5.10 Å². The molecule has 11 nitrogen and oxygen atoms in total. The summed E-state index contributed by atoms with van der Waals surface area (Å²) in [7, 11) is 1.85. The fourth-order valence-electron chi connectivity index (χ4n) is 7.96. The molecule has 50 heavy (non-hydrogen) atoms. The molecule has 11 heteroatoms. The second kappa shape index (κ2) is 13.9. The third-order valence-electron chi connectivity index (χ3n) is 10.7. The predicted octanol–water partition coefficient (Wildman–Crippen LogP) is 4.65. The normalized spacial score (nSPS) is 20.6. The molecule has 4 aromatic rings. The molecule has 2 amide bonds. The van der Waals surface area contributed by atoms with Gasteiger partial charge in [-0.1, -0.05) is 44.2 Å². The molecular formula is C39H48N8O3. The molecule has 262 valence electrons. The monoisotopic (exact) mass is 676 g/mol. The molecule has 2 aromatic heterocycles. The number of hydrogen-bond donors (Lipinski definition) is 3. The number of anilines is 2. The van der Waals surface area contributed by atoms with Crippen LogP contribution in [-0.2, 0) is 28.6 Å². The average molecular weight is 677 g/mol. The lowest BCUT2D eigenvalue weighted by Gasteiger charge is -2.38. The Bertz CT molecular complexity index is 1860. The molecule has 2 aromatic carbocycles. The molecule has 0 bridgehead atoms. The summed E-state index contributed by atoms with van der Waals surface area (Å²) in [6.07, 6.45) is 10.0. The number of amides is 2. The van der Waals surface area contributed by atoms with Crippen molar-refractivity contribution in [2.75, 3.05) is 36.8 Å². The lowest BCUT2D eigenvalue weighted by molar-refractivity contribution is -0.119. The van der Waals surface area contributed by atoms with Crippen molar-refractivity contribution >= 4 is 23.3 Å². The minimum Gasteiger partial charge on any atom is -0.383 e. The summed E-state index contributed by atoms with van der Waals surface area (Å²) in [6, 6.07) is 17.7. The number of benzene rings is 2. The van der Waals surface area contributed by atoms with Gasteiger partial charge in [-0.3, -0.25) is 19.2 Å². The number of carbonyl (C=O) groups excluding carboxylic acids is 2. The van der Waals surface area contributed by atoms with Crippen LogP contribution in [0.25, 0.3) is 22.3 Å². The zero-order chi connectivity index (χ0) is 35.0. The first-order valence-corrected chi connectivity index (χ1v) is 17.7. The number of primary amides is 1. The lowest BCUT2D eigenvalue weighted by atomic mass is 9.85. The van der Waals surface area contributed by atoms with E-state index in [4.69, 9.17) is 16.2 Å². The number of nitrogens with two attached hydrogens (primary N) is 2. The van der Waals surface area contributed by atoms with Gasteiger partial charge in [0.05, 0.1) is 37.1 Å². The summed E-state index contributed by atoms with van der Waals surface area (Å²) in [4.78, 5) is 33.7. The molecule has 0 spiro atoms. The van der Waals surface area contributed by atoms with Crippen molar-refractivity contribution in [1.82, 2.24) is 25.0 Å². The molecule has 4 heterocycles. The number of rotatable bonds is 10. The van der Waals surface area contributed by atoms with Crippen molar-refractivity contribution in [3.63, 3.8) is 0 Å². The summed E-state index contributed by atoms with van der Waals surface area (Å²) in [5.74, 6) is -0.289. The van der Waals surface area contributed by atoms with Crippen LogP contribution in [0.15, 0.2) is 67.1 Å². The van der Waals surface area contributed by atoms with E-state index >= 15 is 0 Å². The summed E-state index contributed by atoms with van der Waals surface area (Å²) >= 11 is 0. The number of hydrogen-bond acceptors (Lipinski definition) is 8. The largest absolute Gasteiger partial charge is 0.383 e. The van der Waals surface area contributed by atoms with Gasteiger partial charge in [-0.05, 0) is 72.6 Å². The number of carbonyl (C=O) groups is 2. The molecule has 2 fully saturated rings. The molecule has 3 aliphatic rings. The van der Waals surface area contributed by atoms with E-state index in [1.54, 1.807) is 23.1 Å². The molecule has 0 unspecified atom stereocenters. The van der Waals surface area contributed by atoms with Gasteiger partial charge in [0.25, 0.3) is 5.91 Å². The summed E-state index contributed by atoms with van der Waals surface area (Å²) < 4.78 is 8.10. The molecule has 1 saturated heterocycles. The topological polar surface area (TPSA) is 145 Å². The van der Waals surface area contributed by atoms with Gasteiger partial charge in [-0.15, -0.1) is 0 Å². The van der Waals surface area contributed by atoms with Gasteiger partial charge in [0, 0.05) is 67.3 Å². The highest BCUT2D eigenvalue weighted by Gasteiger charge is 2.39. The second-order valence-corrected chi connectivity index (χ2v) is 14.8. The number of nitrogens with one attached hydrogen (secondary N) is 1. The quantitative estimate of drug-likeness (QED) is 0.220. The Morgan fingerprint density at radius 1 is 0.960 bits per heavy atom. The Balaban J connectivity index is 0.965. The average Bonchev–Trinajstić information content (AvgIpc) is 3.81. The summed E-state index contributed by atoms with van der Waals surface area (Å²) in [6.45, 7) is 8.29. The van der Waals surface area contributed by atoms with Crippen LogP contribution in [-0.4, -0.2) is 75.8 Å². The summed E-state index contributed by atoms with van der Waals surface area (Å²) in [5.41, 5.74) is 19.8. The number of ether oxygens (including phenoxy) is 1. The lowest BCUT2D eigenvalue weighted by Crippen LogP contribution is -2.47. The molecule has 1 aliphatic carbocycles. The minimum absolute atomic E-state index is 0.0428. The van der Waals surface area contributed by atoms with E-state index in [0.717, 1.165) is 68.4 Å². The fourth-order valence-corrected chi connectivity index (χ4v) is 7.96. The van der Waals surface area contributed by atoms with Crippen molar-refractivity contribution in [3.8, 4) is 22.3 Å². The van der Waals surface area contributed by atoms with E-state index in [2.05, 4.69) is 81.5 Å². The van der Waals surface area contributed by atoms with Crippen molar-refractivity contribution in [2.24, 2.45) is 12.8 Å². The van der Waals surface area contributed by atoms with E-state index in [-0.39, 0.29) is 35.2 Å². The van der Waals surface area contributed by atoms with E-state index in [9.17, 15) is 9.59 Å². The first kappa shape index (κ1) is 33.7. The van der Waals surface area contributed by atoms with Gasteiger partial charge in [0.2, 0.25) is 5.91 Å². The van der Waals surface area contributed by atoms with Crippen LogP contribution >= 0.6 is 0 Å². The maximum Gasteiger partial charge on any atom is 0.255 e. The number of nitrogen functional groups attached to an aromatic ring is 1. The number of aryl methyl sites for hydroxylation is 1. The molecule has 5 N–H and O–H groups in total. The maximum atomic E-state index is 13.3. The van der Waals surface area contributed by atoms with E-state index in [1.807, 2.05) is 13.2 Å². The number of aromatic nitrogens is 3. The van der Waals surface area contributed by atoms with Gasteiger partial charge >= 0.3 is 0 Å². The molecular weight excluding hydrogens is 628 g/mol. The van der Waals surface area contributed by atoms with Crippen LogP contribution in [0.2, 0.25) is 0 Å². The Labute approximate surface area is 294 Å². The van der Waals surface area contributed by atoms with Crippen molar-refractivity contribution in [1.29, 1.82) is 0 Å². The number of piperidine rings is 1. The van der Waals surface area contributed by atoms with Gasteiger partial charge in [0.15, 0.2) is 0 Å². The van der Waals surface area contributed by atoms with E-state index < -0.39 is 0 Å². The highest BCUT2D eigenvalue weighted by Crippen LogP contribution is 2.44. The fraction of sp³-hybridized carbons (Fsp3) is 0.436. The molecule has 2 aliphatic heterocycles. The smallest absolute Gasteiger partial charge is 0.255 e. The van der Waals surface area contributed by atoms with Crippen molar-refractivity contribution in [2.45, 2.75) is 76.2 Å². The second-order valence-electron chi connectivity index (χ2n) is 14.8. The van der Waals surface area contributed by atoms with Crippen molar-refractivity contribution < 1.29 is 14.3 Å². The maximum absolute atomic E-state index is 13.3. The highest BCUT2D eigenvalue weighted by molar-refractivity contribution is 5.99. The van der Waals surface area contributed by atoms with Crippen LogP contribution in [0.3, 0.4) is 0 Å². The first-order valence-electron chi connectivity index (χ1n) is 17.7. The SMILES string of the molecule is Cn1cc(-c2cnc(N)c(C(=O)N[C@H]3CCC[C@@H]3OCc3ccc(-c4ccc5c(c4)C(C)(C)CN5C4CCN(CC(N)=O)CC4)cc3)c2)cn1. The number of pyridine rings is 1. The molecule has 7 rings (SSSR count). The van der Waals surface area contributed by atoms with Crippen molar-refractivity contribution in [3.05, 3.63) is 83.8 Å². The molecule has 0 radical (unpaired) electrons. The minimum atomic E-state index is -0.253. The number of fused-ring (bicyclic) bond motifs is 1. The highest BCUT2D eigenvalue weighted by atomic mass is 16.5. The zero-order valence-electron chi connectivity index (χ0n) is 29.3. The Kier molecular flexibility index (Phi) is 9.36. The standard InChI is InChI=1S/C39H48N8O3/c1-39(2)24-47(30-13-15-46(16-14-30)22-36(40)48)34-12-11-27(18-32(34)39)26-9-7-25(8-10-26)23-50-35-6-4-5-33(35)44-38(49)31-17-28(19-42-37(31)41)29-20-43-45(3)21-29/h7-12,17-21,30,33,35H,4-6,13-16,22-24H2,1-3H3,(H2,40,48)(H2,41,42)(H,44,49)/t33-,35-/m0/s1. The summed E-state index contributed by atoms with van der Waals surface area (Å²) in [5, 5.41) is 7.39. The van der Waals surface area contributed by atoms with E-state index in [1.165, 1.54) is 22.4 Å². The number of likely N-dealkylation sites (tertiary alicyclic amines) is 1. The van der Waals surface area contributed by atoms with E-state index in [0.29, 0.717) is 24.8 Å². The Hall–Kier alpha value is -4.74.